The first-order valence-electron chi connectivity index (χ1n) is 3.94. The Hall–Kier alpha value is -0.160. The predicted octanol–water partition coefficient (Wildman–Crippen LogP) is -1.67. The molecule has 1 saturated carbocycles. The van der Waals surface area contributed by atoms with Crippen molar-refractivity contribution >= 4 is 0 Å². The first-order chi connectivity index (χ1) is 4.95. The number of hydrogen-bond donors (Lipinski definition) is 4. The fourth-order valence-corrected chi connectivity index (χ4v) is 2.44. The fourth-order valence-electron chi connectivity index (χ4n) is 2.44. The van der Waals surface area contributed by atoms with Gasteiger partial charge in [-0.2, -0.15) is 0 Å². The quantitative estimate of drug-likeness (QED) is 0.325. The van der Waals surface area contributed by atoms with Crippen LogP contribution in [-0.4, -0.2) is 24.7 Å². The van der Waals surface area contributed by atoms with Crippen molar-refractivity contribution in [2.24, 2.45) is 5.92 Å². The molecule has 4 heteroatoms. The Balaban J connectivity index is 1.92. The van der Waals surface area contributed by atoms with E-state index in [9.17, 15) is 0 Å². The summed E-state index contributed by atoms with van der Waals surface area (Å²) in [6.07, 6.45) is 1.30. The maximum Gasteiger partial charge on any atom is 0.0436 e. The Kier molecular flexibility index (Phi) is 0.936. The first-order valence-corrected chi connectivity index (χ1v) is 3.94. The van der Waals surface area contributed by atoms with Crippen LogP contribution in [0.5, 0.6) is 0 Å². The molecule has 3 rings (SSSR count). The van der Waals surface area contributed by atoms with Crippen molar-refractivity contribution in [2.45, 2.75) is 24.5 Å². The van der Waals surface area contributed by atoms with Crippen LogP contribution in [0.4, 0.5) is 0 Å². The van der Waals surface area contributed by atoms with Gasteiger partial charge in [-0.05, 0) is 6.42 Å². The van der Waals surface area contributed by atoms with Crippen molar-refractivity contribution in [3.8, 4) is 0 Å². The molecule has 1 aliphatic carbocycles. The third kappa shape index (κ3) is 0.509. The van der Waals surface area contributed by atoms with Crippen molar-refractivity contribution in [3.63, 3.8) is 0 Å². The molecule has 0 amide bonds. The monoisotopic (exact) mass is 140 g/mol. The van der Waals surface area contributed by atoms with Crippen molar-refractivity contribution in [3.05, 3.63) is 0 Å². The SMILES string of the molecule is C1NN[C@H]2[C@@H]1[C@H]1C[C@@H]2NN1. The fraction of sp³-hybridized carbons (Fsp3) is 1.00. The van der Waals surface area contributed by atoms with E-state index >= 15 is 0 Å². The van der Waals surface area contributed by atoms with Crippen LogP contribution in [0.15, 0.2) is 0 Å². The minimum Gasteiger partial charge on any atom is -0.257 e. The van der Waals surface area contributed by atoms with Crippen LogP contribution >= 0.6 is 0 Å². The van der Waals surface area contributed by atoms with Gasteiger partial charge in [0.1, 0.15) is 0 Å². The Morgan fingerprint density at radius 1 is 1.00 bits per heavy atom. The highest BCUT2D eigenvalue weighted by molar-refractivity contribution is 5.08. The number of hydrazine groups is 2. The smallest absolute Gasteiger partial charge is 0.0436 e. The van der Waals surface area contributed by atoms with Crippen LogP contribution in [0.1, 0.15) is 6.42 Å². The van der Waals surface area contributed by atoms with Crippen molar-refractivity contribution in [1.29, 1.82) is 0 Å². The molecule has 56 valence electrons. The van der Waals surface area contributed by atoms with E-state index in [1.807, 2.05) is 0 Å². The second kappa shape index (κ2) is 1.71. The van der Waals surface area contributed by atoms with Gasteiger partial charge in [0.15, 0.2) is 0 Å². The van der Waals surface area contributed by atoms with Gasteiger partial charge in [-0.25, -0.2) is 0 Å². The van der Waals surface area contributed by atoms with Gasteiger partial charge in [0.2, 0.25) is 0 Å². The molecular formula is C6H12N4. The van der Waals surface area contributed by atoms with E-state index in [4.69, 9.17) is 0 Å². The molecule has 0 aromatic heterocycles. The van der Waals surface area contributed by atoms with E-state index < -0.39 is 0 Å². The molecule has 3 aliphatic rings. The van der Waals surface area contributed by atoms with Crippen LogP contribution in [0.25, 0.3) is 0 Å². The van der Waals surface area contributed by atoms with Gasteiger partial charge >= 0.3 is 0 Å². The van der Waals surface area contributed by atoms with Gasteiger partial charge in [0, 0.05) is 30.6 Å². The van der Waals surface area contributed by atoms with E-state index in [0.29, 0.717) is 18.1 Å². The molecule has 2 heterocycles. The number of nitrogens with one attached hydrogen (secondary N) is 4. The number of rotatable bonds is 0. The lowest BCUT2D eigenvalue weighted by Gasteiger charge is -2.24. The summed E-state index contributed by atoms with van der Waals surface area (Å²) in [5.41, 5.74) is 13.1. The normalized spacial score (nSPS) is 57.6. The highest BCUT2D eigenvalue weighted by Crippen LogP contribution is 2.31. The Morgan fingerprint density at radius 2 is 1.90 bits per heavy atom. The number of fused-ring (bicyclic) bond motifs is 5. The van der Waals surface area contributed by atoms with Gasteiger partial charge in [0.25, 0.3) is 0 Å². The third-order valence-corrected chi connectivity index (χ3v) is 2.98. The molecule has 2 aliphatic heterocycles. The highest BCUT2D eigenvalue weighted by Gasteiger charge is 2.49. The standard InChI is InChI=1S/C6H12N4/c1-4-3-2-7-10-6(3)5(1)9-8-4/h3-10H,1-2H2/t3-,4+,5-,6-/m0/s1. The second-order valence-electron chi connectivity index (χ2n) is 3.45. The average molecular weight is 140 g/mol. The Morgan fingerprint density at radius 3 is 2.80 bits per heavy atom. The van der Waals surface area contributed by atoms with E-state index in [0.717, 1.165) is 12.5 Å². The molecule has 0 aromatic rings. The minimum absolute atomic E-state index is 0.657. The van der Waals surface area contributed by atoms with Gasteiger partial charge in [-0.15, -0.1) is 0 Å². The van der Waals surface area contributed by atoms with Crippen molar-refractivity contribution < 1.29 is 0 Å². The summed E-state index contributed by atoms with van der Waals surface area (Å²) in [5.74, 6) is 0.811. The first kappa shape index (κ1) is 5.49. The lowest BCUT2D eigenvalue weighted by Crippen LogP contribution is -2.53. The topological polar surface area (TPSA) is 48.1 Å². The second-order valence-corrected chi connectivity index (χ2v) is 3.45. The van der Waals surface area contributed by atoms with Crippen LogP contribution in [-0.2, 0) is 0 Å². The van der Waals surface area contributed by atoms with Crippen LogP contribution in [0.3, 0.4) is 0 Å². The molecule has 0 radical (unpaired) electrons. The Bertz CT molecular complexity index is 144. The molecular weight excluding hydrogens is 128 g/mol. The molecule has 10 heavy (non-hydrogen) atoms. The number of hydrogen-bond acceptors (Lipinski definition) is 4. The lowest BCUT2D eigenvalue weighted by atomic mass is 10.0. The van der Waals surface area contributed by atoms with E-state index in [2.05, 4.69) is 21.7 Å². The van der Waals surface area contributed by atoms with E-state index in [1.165, 1.54) is 6.42 Å². The zero-order valence-corrected chi connectivity index (χ0v) is 5.72. The zero-order chi connectivity index (χ0) is 6.55. The summed E-state index contributed by atoms with van der Waals surface area (Å²) in [6, 6.07) is 2.04. The summed E-state index contributed by atoms with van der Waals surface area (Å²) in [7, 11) is 0. The third-order valence-electron chi connectivity index (χ3n) is 2.98. The molecule has 0 spiro atoms. The molecule has 4 atom stereocenters. The summed E-state index contributed by atoms with van der Waals surface area (Å²) in [6.45, 7) is 1.13. The Labute approximate surface area is 59.7 Å². The zero-order valence-electron chi connectivity index (χ0n) is 5.72. The highest BCUT2D eigenvalue weighted by atomic mass is 15.5. The van der Waals surface area contributed by atoms with Gasteiger partial charge in [-0.3, -0.25) is 21.7 Å². The lowest BCUT2D eigenvalue weighted by molar-refractivity contribution is 0.310. The van der Waals surface area contributed by atoms with Crippen molar-refractivity contribution in [1.82, 2.24) is 21.7 Å². The van der Waals surface area contributed by atoms with Crippen LogP contribution < -0.4 is 21.7 Å². The largest absolute Gasteiger partial charge is 0.257 e. The molecule has 4 N–H and O–H groups in total. The molecule has 4 nitrogen and oxygen atoms in total. The molecule has 3 fully saturated rings. The maximum atomic E-state index is 3.30. The minimum atomic E-state index is 0.657. The molecule has 0 aromatic carbocycles. The summed E-state index contributed by atoms with van der Waals surface area (Å²) >= 11 is 0. The molecule has 0 unspecified atom stereocenters. The summed E-state index contributed by atoms with van der Waals surface area (Å²) < 4.78 is 0. The van der Waals surface area contributed by atoms with Gasteiger partial charge < -0.3 is 0 Å². The molecule has 2 saturated heterocycles. The van der Waals surface area contributed by atoms with E-state index in [-0.39, 0.29) is 0 Å². The van der Waals surface area contributed by atoms with Crippen LogP contribution in [0.2, 0.25) is 0 Å². The maximum absolute atomic E-state index is 3.30. The molecule has 2 bridgehead atoms. The van der Waals surface area contributed by atoms with Crippen LogP contribution in [0, 0.1) is 5.92 Å². The average Bonchev–Trinajstić information content (AvgIpc) is 2.60. The van der Waals surface area contributed by atoms with Gasteiger partial charge in [0.05, 0.1) is 0 Å². The summed E-state index contributed by atoms with van der Waals surface area (Å²) in [5, 5.41) is 0. The van der Waals surface area contributed by atoms with Crippen molar-refractivity contribution in [2.75, 3.05) is 6.54 Å². The summed E-state index contributed by atoms with van der Waals surface area (Å²) in [4.78, 5) is 0. The van der Waals surface area contributed by atoms with Gasteiger partial charge in [-0.1, -0.05) is 0 Å². The predicted molar refractivity (Wildman–Crippen MR) is 36.9 cm³/mol. The van der Waals surface area contributed by atoms with E-state index in [1.54, 1.807) is 0 Å².